The van der Waals surface area contributed by atoms with Crippen LogP contribution in [0.15, 0.2) is 224 Å². The van der Waals surface area contributed by atoms with Crippen molar-refractivity contribution in [2.75, 3.05) is 0 Å². The first kappa shape index (κ1) is 41.0. The van der Waals surface area contributed by atoms with Gasteiger partial charge in [0, 0.05) is 50.6 Å². The van der Waals surface area contributed by atoms with Crippen LogP contribution in [-0.4, -0.2) is 26.4 Å². The fourth-order valence-electron chi connectivity index (χ4n) is 9.46. The van der Waals surface area contributed by atoms with E-state index in [0.29, 0.717) is 0 Å². The first-order valence-corrected chi connectivity index (χ1v) is 22.2. The molecule has 65 heavy (non-hydrogen) atoms. The number of aryl methyl sites for hydroxylation is 1. The maximum absolute atomic E-state index is 4.87. The SMILES string of the molecule is C=C(C)c1cbccc1.C=C(N=C(C)n1c2c(c3ccccc31)-c1ccccc1C2)c1ccccc1.Cc1cccc(-n2c3ccccc3c3c4ccccc4n(-c4ccccc4)c32)c1. The predicted octanol–water partition coefficient (Wildman–Crippen LogP) is 15.2. The summed E-state index contributed by atoms with van der Waals surface area (Å²) >= 11 is 0. The van der Waals surface area contributed by atoms with Gasteiger partial charge in [0.2, 0.25) is 0 Å². The molecule has 0 spiro atoms. The molecule has 7 aromatic carbocycles. The van der Waals surface area contributed by atoms with Gasteiger partial charge in [-0.2, -0.15) is 0 Å². The summed E-state index contributed by atoms with van der Waals surface area (Å²) in [4.78, 5) is 4.87. The van der Waals surface area contributed by atoms with E-state index in [1.807, 2.05) is 56.2 Å². The Hall–Kier alpha value is -8.02. The average molecular weight is 837 g/mol. The van der Waals surface area contributed by atoms with Crippen LogP contribution < -0.4 is 0 Å². The third-order valence-corrected chi connectivity index (χ3v) is 12.4. The second-order valence-corrected chi connectivity index (χ2v) is 16.7. The molecule has 0 N–H and O–H groups in total. The number of aromatic nitrogens is 3. The number of hydrogen-bond donors (Lipinski definition) is 0. The van der Waals surface area contributed by atoms with E-state index in [1.54, 1.807) is 0 Å². The Bertz CT molecular complexity index is 3570. The molecule has 1 aliphatic carbocycles. The number of hydrogen-bond acceptors (Lipinski definition) is 1. The van der Waals surface area contributed by atoms with Crippen LogP contribution in [0.3, 0.4) is 0 Å². The summed E-state index contributed by atoms with van der Waals surface area (Å²) in [5, 5.41) is 5.17. The van der Waals surface area contributed by atoms with Crippen LogP contribution in [0.4, 0.5) is 0 Å². The Balaban J connectivity index is 0.000000129. The van der Waals surface area contributed by atoms with Gasteiger partial charge in [-0.3, -0.25) is 9.13 Å². The van der Waals surface area contributed by atoms with Crippen molar-refractivity contribution < 1.29 is 0 Å². The molecule has 0 bridgehead atoms. The van der Waals surface area contributed by atoms with E-state index in [4.69, 9.17) is 4.99 Å². The molecule has 0 saturated heterocycles. The Morgan fingerprint density at radius 1 is 0.554 bits per heavy atom. The zero-order valence-corrected chi connectivity index (χ0v) is 37.1. The van der Waals surface area contributed by atoms with E-state index in [1.165, 1.54) is 88.6 Å². The number of benzene rings is 7. The second kappa shape index (κ2) is 17.6. The first-order valence-electron chi connectivity index (χ1n) is 22.2. The van der Waals surface area contributed by atoms with Crippen LogP contribution in [0.2, 0.25) is 0 Å². The van der Waals surface area contributed by atoms with Crippen molar-refractivity contribution in [3.8, 4) is 22.5 Å². The van der Waals surface area contributed by atoms with Crippen molar-refractivity contribution in [1.29, 1.82) is 0 Å². The van der Waals surface area contributed by atoms with E-state index < -0.39 is 0 Å². The molecule has 12 rings (SSSR count). The van der Waals surface area contributed by atoms with Crippen molar-refractivity contribution in [2.24, 2.45) is 4.99 Å². The van der Waals surface area contributed by atoms with Crippen molar-refractivity contribution in [2.45, 2.75) is 27.2 Å². The van der Waals surface area contributed by atoms with Crippen molar-refractivity contribution in [1.82, 2.24) is 13.7 Å². The quantitative estimate of drug-likeness (QED) is 0.122. The zero-order chi connectivity index (χ0) is 44.4. The number of allylic oxidation sites excluding steroid dienone is 1. The van der Waals surface area contributed by atoms with Crippen LogP contribution in [0, 0.1) is 6.92 Å². The molecule has 0 atom stereocenters. The summed E-state index contributed by atoms with van der Waals surface area (Å²) in [6, 6.07) is 68.4. The van der Waals surface area contributed by atoms with Crippen molar-refractivity contribution >= 4 is 67.8 Å². The van der Waals surface area contributed by atoms with Gasteiger partial charge in [-0.25, -0.2) is 4.99 Å². The van der Waals surface area contributed by atoms with E-state index in [2.05, 4.69) is 204 Å². The molecule has 0 aliphatic heterocycles. The smallest absolute Gasteiger partial charge is 0.131 e. The van der Waals surface area contributed by atoms with Crippen LogP contribution in [0.25, 0.3) is 77.5 Å². The average Bonchev–Trinajstić information content (AvgIpc) is 4.08. The number of fused-ring (bicyclic) bond motifs is 10. The summed E-state index contributed by atoms with van der Waals surface area (Å²) < 4.78 is 7.11. The second-order valence-electron chi connectivity index (χ2n) is 16.7. The van der Waals surface area contributed by atoms with Gasteiger partial charge in [0.15, 0.2) is 0 Å². The monoisotopic (exact) mass is 836 g/mol. The molecule has 0 unspecified atom stereocenters. The minimum atomic E-state index is 0.787. The van der Waals surface area contributed by atoms with Gasteiger partial charge in [0.25, 0.3) is 0 Å². The number of para-hydroxylation sites is 4. The van der Waals surface area contributed by atoms with Crippen molar-refractivity contribution in [3.05, 3.63) is 247 Å². The molecule has 5 heteroatoms. The Labute approximate surface area is 381 Å². The normalized spacial score (nSPS) is 11.7. The summed E-state index contributed by atoms with van der Waals surface area (Å²) in [5.41, 5.74) is 18.1. The molecule has 1 aliphatic rings. The Morgan fingerprint density at radius 2 is 1.12 bits per heavy atom. The van der Waals surface area contributed by atoms with Crippen LogP contribution in [0.1, 0.15) is 41.8 Å². The van der Waals surface area contributed by atoms with E-state index >= 15 is 0 Å². The maximum atomic E-state index is 4.87. The summed E-state index contributed by atoms with van der Waals surface area (Å²) in [7, 11) is 0. The molecular weight excluding hydrogens is 787 g/mol. The van der Waals surface area contributed by atoms with Crippen LogP contribution in [-0.2, 0) is 6.42 Å². The molecule has 4 heterocycles. The summed E-state index contributed by atoms with van der Waals surface area (Å²) in [5.74, 6) is 5.02. The third-order valence-electron chi connectivity index (χ3n) is 12.4. The fourth-order valence-corrected chi connectivity index (χ4v) is 9.46. The maximum Gasteiger partial charge on any atom is 0.131 e. The molecule has 4 nitrogen and oxygen atoms in total. The van der Waals surface area contributed by atoms with Gasteiger partial charge in [-0.1, -0.05) is 146 Å². The first-order chi connectivity index (χ1) is 31.9. The van der Waals surface area contributed by atoms with Gasteiger partial charge in [-0.05, 0) is 78.6 Å². The van der Waals surface area contributed by atoms with Gasteiger partial charge < -0.3 is 4.57 Å². The predicted molar refractivity (Wildman–Crippen MR) is 279 cm³/mol. The van der Waals surface area contributed by atoms with Crippen molar-refractivity contribution in [3.63, 3.8) is 0 Å². The Kier molecular flexibility index (Phi) is 11.1. The van der Waals surface area contributed by atoms with E-state index in [-0.39, 0.29) is 0 Å². The molecule has 0 amide bonds. The summed E-state index contributed by atoms with van der Waals surface area (Å²) in [6.45, 7) is 16.3. The Morgan fingerprint density at radius 3 is 1.77 bits per heavy atom. The third kappa shape index (κ3) is 7.66. The van der Waals surface area contributed by atoms with Gasteiger partial charge in [0.1, 0.15) is 11.5 Å². The van der Waals surface area contributed by atoms with Gasteiger partial charge >= 0.3 is 55.6 Å². The standard InChI is InChI=1S/C27H20N2.C25H20N2.C8H9B/c1-19-10-9-13-21(18-19)29-25-17-8-6-15-23(25)26-22-14-5-7-16-24(22)28(27(26)29)20-11-3-2-4-12-20;1-17(19-10-4-3-5-11-19)26-18(2)27-23-15-9-8-14-22(23)25-21-13-7-6-12-20(21)16-24(25)27;1-7(2)8-4-3-5-9-6-8/h2-18H,1H3;3-15H,1,16H2,2H3;3-6H,1H2,2H3. The van der Waals surface area contributed by atoms with E-state index in [9.17, 15) is 0 Å². The molecule has 312 valence electrons. The molecule has 0 radical (unpaired) electrons. The molecule has 0 saturated carbocycles. The molecule has 0 fully saturated rings. The largest absolute Gasteiger partial charge is 0.301 e. The number of rotatable bonds is 5. The number of nitrogens with zero attached hydrogens (tertiary/aromatic N) is 4. The van der Waals surface area contributed by atoms with Crippen LogP contribution in [0.5, 0.6) is 0 Å². The molecular formula is C60H49BN4. The summed E-state index contributed by atoms with van der Waals surface area (Å²) in [6.07, 6.45) is 0.935. The molecule has 11 aromatic rings. The van der Waals surface area contributed by atoms with Gasteiger partial charge in [-0.15, -0.1) is 0 Å². The minimum absolute atomic E-state index is 0.787. The van der Waals surface area contributed by atoms with Crippen LogP contribution >= 0.6 is 0 Å². The topological polar surface area (TPSA) is 27.1 Å². The zero-order valence-electron chi connectivity index (χ0n) is 37.1. The fraction of sp³-hybridized carbons (Fsp3) is 0.0667. The van der Waals surface area contributed by atoms with Gasteiger partial charge in [0.05, 0.1) is 22.2 Å². The minimum Gasteiger partial charge on any atom is -0.301 e. The van der Waals surface area contributed by atoms with E-state index in [0.717, 1.165) is 29.1 Å². The number of aliphatic imine (C=N–C) groups is 1. The molecule has 4 aromatic heterocycles.